The van der Waals surface area contributed by atoms with E-state index < -0.39 is 5.79 Å². The second kappa shape index (κ2) is 3.25. The van der Waals surface area contributed by atoms with Crippen molar-refractivity contribution in [1.82, 2.24) is 0 Å². The predicted octanol–water partition coefficient (Wildman–Crippen LogP) is 1.41. The molecule has 0 aliphatic heterocycles. The fourth-order valence-corrected chi connectivity index (χ4v) is 1.57. The molecule has 11 heavy (non-hydrogen) atoms. The minimum Gasteiger partial charge on any atom is -0.353 e. The molecule has 2 heteroatoms. The maximum Gasteiger partial charge on any atom is 0.168 e. The Morgan fingerprint density at radius 2 is 2.09 bits per heavy atom. The van der Waals surface area contributed by atoms with Crippen LogP contribution in [-0.2, 0) is 9.47 Å². The molecule has 1 aliphatic carbocycles. The first kappa shape index (κ1) is 8.58. The molecule has 0 saturated heterocycles. The summed E-state index contributed by atoms with van der Waals surface area (Å²) in [6.45, 7) is 0. The monoisotopic (exact) mass is 154 g/mol. The summed E-state index contributed by atoms with van der Waals surface area (Å²) in [5.41, 5.74) is 0. The molecule has 62 valence electrons. The van der Waals surface area contributed by atoms with Gasteiger partial charge in [-0.25, -0.2) is 0 Å². The highest BCUT2D eigenvalue weighted by Gasteiger charge is 2.38. The van der Waals surface area contributed by atoms with Gasteiger partial charge in [0.15, 0.2) is 5.79 Å². The van der Waals surface area contributed by atoms with E-state index in [0.29, 0.717) is 5.92 Å². The molecule has 0 spiro atoms. The number of methoxy groups -OCH3 is 2. The molecule has 0 aromatic carbocycles. The SMILES string of the molecule is C#CC1CCC(OC)(OC)C1. The van der Waals surface area contributed by atoms with Crippen LogP contribution >= 0.6 is 0 Å². The van der Waals surface area contributed by atoms with Crippen molar-refractivity contribution in [1.29, 1.82) is 0 Å². The molecule has 0 amide bonds. The van der Waals surface area contributed by atoms with Crippen LogP contribution in [0.4, 0.5) is 0 Å². The van der Waals surface area contributed by atoms with Crippen LogP contribution in [0.2, 0.25) is 0 Å². The van der Waals surface area contributed by atoms with Gasteiger partial charge in [-0.1, -0.05) is 0 Å². The van der Waals surface area contributed by atoms with Gasteiger partial charge in [0.2, 0.25) is 0 Å². The second-order valence-corrected chi connectivity index (χ2v) is 2.93. The van der Waals surface area contributed by atoms with Gasteiger partial charge in [-0.15, -0.1) is 12.3 Å². The standard InChI is InChI=1S/C9H14O2/c1-4-8-5-6-9(7-8,10-2)11-3/h1,8H,5-7H2,2-3H3. The van der Waals surface area contributed by atoms with Gasteiger partial charge in [-0.05, 0) is 6.42 Å². The summed E-state index contributed by atoms with van der Waals surface area (Å²) in [6, 6.07) is 0. The van der Waals surface area contributed by atoms with Crippen LogP contribution < -0.4 is 0 Å². The molecule has 0 heterocycles. The van der Waals surface area contributed by atoms with Crippen molar-refractivity contribution < 1.29 is 9.47 Å². The summed E-state index contributed by atoms with van der Waals surface area (Å²) in [5.74, 6) is 2.66. The first-order chi connectivity index (χ1) is 5.26. The predicted molar refractivity (Wildman–Crippen MR) is 42.9 cm³/mol. The van der Waals surface area contributed by atoms with E-state index >= 15 is 0 Å². The van der Waals surface area contributed by atoms with E-state index in [-0.39, 0.29) is 0 Å². The Bertz CT molecular complexity index is 165. The first-order valence-corrected chi connectivity index (χ1v) is 3.83. The van der Waals surface area contributed by atoms with Gasteiger partial charge in [0.25, 0.3) is 0 Å². The smallest absolute Gasteiger partial charge is 0.168 e. The van der Waals surface area contributed by atoms with Gasteiger partial charge in [0.1, 0.15) is 0 Å². The molecule has 0 radical (unpaired) electrons. The normalized spacial score (nSPS) is 28.3. The first-order valence-electron chi connectivity index (χ1n) is 3.83. The van der Waals surface area contributed by atoms with Gasteiger partial charge >= 0.3 is 0 Å². The lowest BCUT2D eigenvalue weighted by Gasteiger charge is -2.25. The van der Waals surface area contributed by atoms with E-state index in [4.69, 9.17) is 15.9 Å². The molecule has 0 N–H and O–H groups in total. The molecular weight excluding hydrogens is 140 g/mol. The zero-order valence-corrected chi connectivity index (χ0v) is 7.09. The average Bonchev–Trinajstić information content (AvgIpc) is 2.49. The molecule has 1 rings (SSSR count). The number of terminal acetylenes is 1. The minimum atomic E-state index is -0.392. The average molecular weight is 154 g/mol. The molecule has 1 atom stereocenters. The molecule has 0 bridgehead atoms. The van der Waals surface area contributed by atoms with E-state index in [1.165, 1.54) is 0 Å². The third-order valence-electron chi connectivity index (χ3n) is 2.41. The number of hydrogen-bond donors (Lipinski definition) is 0. The molecule has 0 aromatic heterocycles. The zero-order chi connectivity index (χ0) is 8.32. The molecule has 1 fully saturated rings. The van der Waals surface area contributed by atoms with E-state index in [1.807, 2.05) is 0 Å². The minimum absolute atomic E-state index is 0.329. The van der Waals surface area contributed by atoms with Gasteiger partial charge < -0.3 is 9.47 Å². The Balaban J connectivity index is 2.56. The summed E-state index contributed by atoms with van der Waals surface area (Å²) in [6.07, 6.45) is 8.06. The highest BCUT2D eigenvalue weighted by molar-refractivity contribution is 5.00. The lowest BCUT2D eigenvalue weighted by Crippen LogP contribution is -2.30. The molecule has 1 saturated carbocycles. The maximum atomic E-state index is 5.30. The van der Waals surface area contributed by atoms with Crippen LogP contribution in [0.15, 0.2) is 0 Å². The Morgan fingerprint density at radius 1 is 1.45 bits per heavy atom. The van der Waals surface area contributed by atoms with Crippen molar-refractivity contribution in [2.45, 2.75) is 25.0 Å². The van der Waals surface area contributed by atoms with Crippen LogP contribution in [0, 0.1) is 18.3 Å². The van der Waals surface area contributed by atoms with Gasteiger partial charge in [0.05, 0.1) is 0 Å². The third kappa shape index (κ3) is 1.55. The van der Waals surface area contributed by atoms with Crippen molar-refractivity contribution in [3.8, 4) is 12.3 Å². The Hall–Kier alpha value is -0.520. The van der Waals surface area contributed by atoms with Crippen LogP contribution in [0.25, 0.3) is 0 Å². The van der Waals surface area contributed by atoms with Crippen LogP contribution in [0.5, 0.6) is 0 Å². The van der Waals surface area contributed by atoms with Crippen molar-refractivity contribution in [2.24, 2.45) is 5.92 Å². The topological polar surface area (TPSA) is 18.5 Å². The van der Waals surface area contributed by atoms with E-state index in [1.54, 1.807) is 14.2 Å². The molecule has 2 nitrogen and oxygen atoms in total. The van der Waals surface area contributed by atoms with Crippen molar-refractivity contribution in [2.75, 3.05) is 14.2 Å². The van der Waals surface area contributed by atoms with E-state index in [2.05, 4.69) is 5.92 Å². The third-order valence-corrected chi connectivity index (χ3v) is 2.41. The Kier molecular flexibility index (Phi) is 2.53. The number of rotatable bonds is 2. The molecule has 1 unspecified atom stereocenters. The summed E-state index contributed by atoms with van der Waals surface area (Å²) in [7, 11) is 3.34. The van der Waals surface area contributed by atoms with Crippen LogP contribution in [0.3, 0.4) is 0 Å². The number of ether oxygens (including phenoxy) is 2. The Labute approximate surface area is 67.9 Å². The van der Waals surface area contributed by atoms with Crippen molar-refractivity contribution >= 4 is 0 Å². The molecular formula is C9H14O2. The lowest BCUT2D eigenvalue weighted by molar-refractivity contribution is -0.201. The highest BCUT2D eigenvalue weighted by atomic mass is 16.7. The summed E-state index contributed by atoms with van der Waals surface area (Å²) in [5, 5.41) is 0. The quantitative estimate of drug-likeness (QED) is 0.442. The number of hydrogen-bond acceptors (Lipinski definition) is 2. The fraction of sp³-hybridized carbons (Fsp3) is 0.778. The van der Waals surface area contributed by atoms with E-state index in [0.717, 1.165) is 19.3 Å². The highest BCUT2D eigenvalue weighted by Crippen LogP contribution is 2.36. The summed E-state index contributed by atoms with van der Waals surface area (Å²) in [4.78, 5) is 0. The van der Waals surface area contributed by atoms with E-state index in [9.17, 15) is 0 Å². The second-order valence-electron chi connectivity index (χ2n) is 2.93. The largest absolute Gasteiger partial charge is 0.353 e. The molecule has 1 aliphatic rings. The van der Waals surface area contributed by atoms with Gasteiger partial charge in [-0.2, -0.15) is 0 Å². The lowest BCUT2D eigenvalue weighted by atomic mass is 10.1. The molecule has 0 aromatic rings. The van der Waals surface area contributed by atoms with Crippen molar-refractivity contribution in [3.63, 3.8) is 0 Å². The maximum absolute atomic E-state index is 5.30. The van der Waals surface area contributed by atoms with Crippen molar-refractivity contribution in [3.05, 3.63) is 0 Å². The van der Waals surface area contributed by atoms with Gasteiger partial charge in [0, 0.05) is 33.0 Å². The summed E-state index contributed by atoms with van der Waals surface area (Å²) >= 11 is 0. The summed E-state index contributed by atoms with van der Waals surface area (Å²) < 4.78 is 10.5. The van der Waals surface area contributed by atoms with Crippen LogP contribution in [0.1, 0.15) is 19.3 Å². The fourth-order valence-electron chi connectivity index (χ4n) is 1.57. The van der Waals surface area contributed by atoms with Crippen LogP contribution in [-0.4, -0.2) is 20.0 Å². The zero-order valence-electron chi connectivity index (χ0n) is 7.09. The Morgan fingerprint density at radius 3 is 2.36 bits per heavy atom. The van der Waals surface area contributed by atoms with Gasteiger partial charge in [-0.3, -0.25) is 0 Å².